The summed E-state index contributed by atoms with van der Waals surface area (Å²) in [4.78, 5) is 11.1. The highest BCUT2D eigenvalue weighted by atomic mass is 16.5. The molecule has 0 unspecified atom stereocenters. The van der Waals surface area contributed by atoms with Gasteiger partial charge in [0, 0.05) is 30.0 Å². The monoisotopic (exact) mass is 211 g/mol. The van der Waals surface area contributed by atoms with E-state index in [1.807, 2.05) is 0 Å². The SMILES string of the molecule is C=CC(=O)OC1CC(C)(C)NC(C)(C)C1. The topological polar surface area (TPSA) is 38.3 Å². The van der Waals surface area contributed by atoms with Gasteiger partial charge in [-0.25, -0.2) is 4.79 Å². The van der Waals surface area contributed by atoms with Crippen LogP contribution in [0.3, 0.4) is 0 Å². The molecule has 1 heterocycles. The Balaban J connectivity index is 2.67. The average Bonchev–Trinajstić information content (AvgIpc) is 1.97. The van der Waals surface area contributed by atoms with E-state index in [0.717, 1.165) is 12.8 Å². The second kappa shape index (κ2) is 3.97. The molecule has 0 amide bonds. The molecule has 1 aliphatic rings. The Labute approximate surface area is 91.9 Å². The van der Waals surface area contributed by atoms with Crippen molar-refractivity contribution < 1.29 is 9.53 Å². The lowest BCUT2D eigenvalue weighted by molar-refractivity contribution is -0.146. The van der Waals surface area contributed by atoms with Gasteiger partial charge >= 0.3 is 5.97 Å². The molecule has 0 aromatic carbocycles. The molecule has 0 spiro atoms. The first kappa shape index (κ1) is 12.2. The predicted molar refractivity (Wildman–Crippen MR) is 60.6 cm³/mol. The molecule has 0 atom stereocenters. The molecule has 0 saturated carbocycles. The van der Waals surface area contributed by atoms with E-state index in [1.54, 1.807) is 0 Å². The molecule has 1 saturated heterocycles. The van der Waals surface area contributed by atoms with Crippen molar-refractivity contribution in [2.75, 3.05) is 0 Å². The van der Waals surface area contributed by atoms with Crippen molar-refractivity contribution in [2.45, 2.75) is 57.7 Å². The Bertz CT molecular complexity index is 253. The maximum atomic E-state index is 11.1. The summed E-state index contributed by atoms with van der Waals surface area (Å²) < 4.78 is 5.31. The highest BCUT2D eigenvalue weighted by Crippen LogP contribution is 2.30. The quantitative estimate of drug-likeness (QED) is 0.561. The molecule has 3 nitrogen and oxygen atoms in total. The van der Waals surface area contributed by atoms with Crippen LogP contribution in [0.1, 0.15) is 40.5 Å². The third-order valence-electron chi connectivity index (χ3n) is 2.60. The fraction of sp³-hybridized carbons (Fsp3) is 0.750. The molecule has 1 N–H and O–H groups in total. The van der Waals surface area contributed by atoms with Crippen molar-refractivity contribution in [3.63, 3.8) is 0 Å². The van der Waals surface area contributed by atoms with Crippen LogP contribution in [0, 0.1) is 0 Å². The summed E-state index contributed by atoms with van der Waals surface area (Å²) in [6.07, 6.45) is 2.90. The Morgan fingerprint density at radius 3 is 2.20 bits per heavy atom. The lowest BCUT2D eigenvalue weighted by Gasteiger charge is -2.45. The van der Waals surface area contributed by atoms with E-state index in [0.29, 0.717) is 0 Å². The van der Waals surface area contributed by atoms with Crippen LogP contribution >= 0.6 is 0 Å². The van der Waals surface area contributed by atoms with E-state index in [1.165, 1.54) is 6.08 Å². The fourth-order valence-electron chi connectivity index (χ4n) is 2.52. The van der Waals surface area contributed by atoms with E-state index >= 15 is 0 Å². The van der Waals surface area contributed by atoms with Crippen molar-refractivity contribution in [3.05, 3.63) is 12.7 Å². The third-order valence-corrected chi connectivity index (χ3v) is 2.60. The Hall–Kier alpha value is -0.830. The normalized spacial score (nSPS) is 24.5. The van der Waals surface area contributed by atoms with E-state index in [9.17, 15) is 4.79 Å². The molecule has 0 radical (unpaired) electrons. The van der Waals surface area contributed by atoms with Crippen molar-refractivity contribution in [3.8, 4) is 0 Å². The highest BCUT2D eigenvalue weighted by molar-refractivity contribution is 5.81. The summed E-state index contributed by atoms with van der Waals surface area (Å²) in [5, 5.41) is 3.54. The number of hydrogen-bond donors (Lipinski definition) is 1. The van der Waals surface area contributed by atoms with E-state index < -0.39 is 0 Å². The van der Waals surface area contributed by atoms with Crippen LogP contribution < -0.4 is 5.32 Å². The largest absolute Gasteiger partial charge is 0.459 e. The first-order valence-electron chi connectivity index (χ1n) is 5.36. The molecule has 1 rings (SSSR count). The first-order valence-corrected chi connectivity index (χ1v) is 5.36. The maximum Gasteiger partial charge on any atom is 0.330 e. The van der Waals surface area contributed by atoms with Crippen LogP contribution in [0.15, 0.2) is 12.7 Å². The minimum absolute atomic E-state index is 0.00780. The minimum atomic E-state index is -0.325. The van der Waals surface area contributed by atoms with Gasteiger partial charge in [0.25, 0.3) is 0 Å². The summed E-state index contributed by atoms with van der Waals surface area (Å²) in [7, 11) is 0. The van der Waals surface area contributed by atoms with Crippen LogP contribution in [0.25, 0.3) is 0 Å². The number of carbonyl (C=O) groups excluding carboxylic acids is 1. The zero-order valence-electron chi connectivity index (χ0n) is 10.1. The number of carbonyl (C=O) groups is 1. The zero-order chi connectivity index (χ0) is 11.7. The summed E-state index contributed by atoms with van der Waals surface area (Å²) >= 11 is 0. The number of esters is 1. The van der Waals surface area contributed by atoms with E-state index in [4.69, 9.17) is 4.74 Å². The van der Waals surface area contributed by atoms with Gasteiger partial charge in [0.15, 0.2) is 0 Å². The Morgan fingerprint density at radius 2 is 1.80 bits per heavy atom. The zero-order valence-corrected chi connectivity index (χ0v) is 10.1. The summed E-state index contributed by atoms with van der Waals surface area (Å²) in [5.74, 6) is -0.325. The number of piperidine rings is 1. The van der Waals surface area contributed by atoms with E-state index in [2.05, 4.69) is 39.6 Å². The highest BCUT2D eigenvalue weighted by Gasteiger charge is 2.39. The smallest absolute Gasteiger partial charge is 0.330 e. The number of ether oxygens (including phenoxy) is 1. The van der Waals surface area contributed by atoms with Gasteiger partial charge in [-0.2, -0.15) is 0 Å². The van der Waals surface area contributed by atoms with Gasteiger partial charge in [-0.1, -0.05) is 6.58 Å². The van der Waals surface area contributed by atoms with Crippen LogP contribution in [0.2, 0.25) is 0 Å². The first-order chi connectivity index (χ1) is 6.74. The number of hydrogen-bond acceptors (Lipinski definition) is 3. The fourth-order valence-corrected chi connectivity index (χ4v) is 2.52. The van der Waals surface area contributed by atoms with Gasteiger partial charge in [-0.15, -0.1) is 0 Å². The molecular weight excluding hydrogens is 190 g/mol. The van der Waals surface area contributed by atoms with Crippen LogP contribution in [-0.4, -0.2) is 23.2 Å². The summed E-state index contributed by atoms with van der Waals surface area (Å²) in [6.45, 7) is 11.9. The molecule has 0 aromatic heterocycles. The lowest BCUT2D eigenvalue weighted by atomic mass is 9.81. The summed E-state index contributed by atoms with van der Waals surface area (Å²) in [5.41, 5.74) is 0.0156. The molecule has 0 aliphatic carbocycles. The molecule has 1 aliphatic heterocycles. The molecule has 0 bridgehead atoms. The maximum absolute atomic E-state index is 11.1. The van der Waals surface area contributed by atoms with Crippen molar-refractivity contribution in [2.24, 2.45) is 0 Å². The van der Waals surface area contributed by atoms with Crippen LogP contribution in [-0.2, 0) is 9.53 Å². The number of nitrogens with one attached hydrogen (secondary N) is 1. The van der Waals surface area contributed by atoms with Gasteiger partial charge in [-0.3, -0.25) is 0 Å². The second-order valence-corrected chi connectivity index (χ2v) is 5.56. The third kappa shape index (κ3) is 3.67. The molecule has 86 valence electrons. The standard InChI is InChI=1S/C12H21NO2/c1-6-10(14)15-9-7-11(2,3)13-12(4,5)8-9/h6,9,13H,1,7-8H2,2-5H3. The van der Waals surface area contributed by atoms with E-state index in [-0.39, 0.29) is 23.2 Å². The van der Waals surface area contributed by atoms with Crippen molar-refractivity contribution in [1.82, 2.24) is 5.32 Å². The van der Waals surface area contributed by atoms with Gasteiger partial charge in [0.1, 0.15) is 6.10 Å². The molecule has 15 heavy (non-hydrogen) atoms. The average molecular weight is 211 g/mol. The molecule has 3 heteroatoms. The van der Waals surface area contributed by atoms with Crippen LogP contribution in [0.5, 0.6) is 0 Å². The number of rotatable bonds is 2. The van der Waals surface area contributed by atoms with Gasteiger partial charge < -0.3 is 10.1 Å². The molecular formula is C12H21NO2. The minimum Gasteiger partial charge on any atom is -0.459 e. The molecule has 1 fully saturated rings. The Morgan fingerprint density at radius 1 is 1.33 bits per heavy atom. The predicted octanol–water partition coefficient (Wildman–Crippen LogP) is 2.02. The van der Waals surface area contributed by atoms with Gasteiger partial charge in [-0.05, 0) is 27.7 Å². The van der Waals surface area contributed by atoms with Crippen molar-refractivity contribution >= 4 is 5.97 Å². The van der Waals surface area contributed by atoms with Crippen LogP contribution in [0.4, 0.5) is 0 Å². The van der Waals surface area contributed by atoms with Gasteiger partial charge in [0.05, 0.1) is 0 Å². The lowest BCUT2D eigenvalue weighted by Crippen LogP contribution is -2.59. The van der Waals surface area contributed by atoms with Crippen molar-refractivity contribution in [1.29, 1.82) is 0 Å². The molecule has 0 aromatic rings. The van der Waals surface area contributed by atoms with Gasteiger partial charge in [0.2, 0.25) is 0 Å². The Kier molecular flexibility index (Phi) is 3.24. The second-order valence-electron chi connectivity index (χ2n) is 5.56. The summed E-state index contributed by atoms with van der Waals surface area (Å²) in [6, 6.07) is 0.